The molecule has 0 radical (unpaired) electrons. The Morgan fingerprint density at radius 2 is 2.05 bits per heavy atom. The molecule has 2 heterocycles. The monoisotopic (exact) mass is 283 g/mol. The summed E-state index contributed by atoms with van der Waals surface area (Å²) in [5, 5.41) is 4.08. The molecule has 21 heavy (non-hydrogen) atoms. The Labute approximate surface area is 120 Å². The van der Waals surface area contributed by atoms with E-state index in [1.54, 1.807) is 13.1 Å². The van der Waals surface area contributed by atoms with Crippen LogP contribution in [0.4, 0.5) is 5.82 Å². The van der Waals surface area contributed by atoms with Crippen molar-refractivity contribution in [3.8, 4) is 5.82 Å². The zero-order valence-corrected chi connectivity index (χ0v) is 11.4. The highest BCUT2D eigenvalue weighted by Crippen LogP contribution is 2.18. The second-order valence-electron chi connectivity index (χ2n) is 4.29. The van der Waals surface area contributed by atoms with E-state index in [4.69, 9.17) is 10.5 Å². The van der Waals surface area contributed by atoms with Gasteiger partial charge in [-0.25, -0.2) is 9.78 Å². The van der Waals surface area contributed by atoms with Crippen LogP contribution in [0, 0.1) is 0 Å². The van der Waals surface area contributed by atoms with Crippen molar-refractivity contribution in [3.63, 3.8) is 0 Å². The summed E-state index contributed by atoms with van der Waals surface area (Å²) in [4.78, 5) is 20.5. The van der Waals surface area contributed by atoms with Crippen LogP contribution in [-0.4, -0.2) is 32.3 Å². The molecule has 0 saturated carbocycles. The minimum atomic E-state index is -0.505. The lowest BCUT2D eigenvalue weighted by atomic mass is 10.3. The fourth-order valence-electron chi connectivity index (χ4n) is 1.96. The van der Waals surface area contributed by atoms with Crippen molar-refractivity contribution in [2.45, 2.75) is 6.92 Å². The molecule has 0 atom stereocenters. The molecule has 0 unspecified atom stereocenters. The van der Waals surface area contributed by atoms with Gasteiger partial charge < -0.3 is 10.5 Å². The third-order valence-corrected chi connectivity index (χ3v) is 2.95. The summed E-state index contributed by atoms with van der Waals surface area (Å²) in [7, 11) is 0. The minimum absolute atomic E-state index is 0.179. The highest BCUT2D eigenvalue weighted by molar-refractivity contribution is 5.94. The van der Waals surface area contributed by atoms with Crippen LogP contribution in [0.1, 0.15) is 17.3 Å². The lowest BCUT2D eigenvalue weighted by Crippen LogP contribution is -2.09. The van der Waals surface area contributed by atoms with E-state index in [0.29, 0.717) is 5.82 Å². The van der Waals surface area contributed by atoms with Gasteiger partial charge in [-0.2, -0.15) is 9.78 Å². The molecular weight excluding hydrogens is 270 g/mol. The van der Waals surface area contributed by atoms with Crippen molar-refractivity contribution in [3.05, 3.63) is 42.2 Å². The van der Waals surface area contributed by atoms with Crippen molar-refractivity contribution in [1.82, 2.24) is 19.7 Å². The molecule has 0 bridgehead atoms. The van der Waals surface area contributed by atoms with Gasteiger partial charge in [-0.15, -0.1) is 0 Å². The van der Waals surface area contributed by atoms with Crippen molar-refractivity contribution < 1.29 is 9.53 Å². The number of hydrogen-bond acceptors (Lipinski definition) is 6. The summed E-state index contributed by atoms with van der Waals surface area (Å²) in [5.74, 6) is 0.120. The highest BCUT2D eigenvalue weighted by Gasteiger charge is 2.17. The lowest BCUT2D eigenvalue weighted by Gasteiger charge is -2.05. The molecule has 2 aromatic heterocycles. The molecule has 7 nitrogen and oxygen atoms in total. The third-order valence-electron chi connectivity index (χ3n) is 2.95. The van der Waals surface area contributed by atoms with Gasteiger partial charge in [0.2, 0.25) is 0 Å². The van der Waals surface area contributed by atoms with Crippen molar-refractivity contribution in [2.24, 2.45) is 0 Å². The van der Waals surface area contributed by atoms with E-state index < -0.39 is 5.97 Å². The number of para-hydroxylation sites is 2. The third kappa shape index (κ3) is 2.29. The fourth-order valence-corrected chi connectivity index (χ4v) is 1.96. The van der Waals surface area contributed by atoms with Crippen molar-refractivity contribution >= 4 is 22.8 Å². The van der Waals surface area contributed by atoms with Crippen molar-refractivity contribution in [1.29, 1.82) is 0 Å². The van der Waals surface area contributed by atoms with Crippen LogP contribution >= 0.6 is 0 Å². The van der Waals surface area contributed by atoms with Gasteiger partial charge in [0, 0.05) is 0 Å². The summed E-state index contributed by atoms with van der Waals surface area (Å²) >= 11 is 0. The zero-order valence-electron chi connectivity index (χ0n) is 11.4. The standard InChI is InChI=1S/C14H13N5O2/c1-2-21-14(20)9-7-17-19(13(9)15)12-8-16-10-5-3-4-6-11(10)18-12/h3-8H,2,15H2,1H3. The van der Waals surface area contributed by atoms with Crippen LogP contribution in [0.2, 0.25) is 0 Å². The second kappa shape index (κ2) is 5.20. The Hall–Kier alpha value is -2.96. The van der Waals surface area contributed by atoms with Gasteiger partial charge in [-0.05, 0) is 19.1 Å². The molecule has 0 spiro atoms. The maximum atomic E-state index is 11.7. The lowest BCUT2D eigenvalue weighted by molar-refractivity contribution is 0.0527. The van der Waals surface area contributed by atoms with Gasteiger partial charge in [-0.3, -0.25) is 4.98 Å². The Balaban J connectivity index is 2.04. The van der Waals surface area contributed by atoms with Crippen LogP contribution in [0.25, 0.3) is 16.9 Å². The molecule has 7 heteroatoms. The minimum Gasteiger partial charge on any atom is -0.462 e. The van der Waals surface area contributed by atoms with E-state index in [-0.39, 0.29) is 18.0 Å². The molecule has 0 aliphatic carbocycles. The van der Waals surface area contributed by atoms with Crippen LogP contribution in [-0.2, 0) is 4.74 Å². The average molecular weight is 283 g/mol. The van der Waals surface area contributed by atoms with E-state index in [2.05, 4.69) is 15.1 Å². The first-order chi connectivity index (χ1) is 10.2. The number of aromatic nitrogens is 4. The number of nitrogens with two attached hydrogens (primary N) is 1. The summed E-state index contributed by atoms with van der Waals surface area (Å²) in [6.07, 6.45) is 2.92. The quantitative estimate of drug-likeness (QED) is 0.733. The van der Waals surface area contributed by atoms with Crippen LogP contribution in [0.5, 0.6) is 0 Å². The molecule has 3 aromatic rings. The number of ether oxygens (including phenoxy) is 1. The highest BCUT2D eigenvalue weighted by atomic mass is 16.5. The van der Waals surface area contributed by atoms with Gasteiger partial charge in [0.1, 0.15) is 11.4 Å². The SMILES string of the molecule is CCOC(=O)c1cnn(-c2cnc3ccccc3n2)c1N. The average Bonchev–Trinajstić information content (AvgIpc) is 2.89. The van der Waals surface area contributed by atoms with E-state index in [1.165, 1.54) is 10.9 Å². The maximum Gasteiger partial charge on any atom is 0.343 e. The Morgan fingerprint density at radius 3 is 2.81 bits per heavy atom. The first-order valence-electron chi connectivity index (χ1n) is 6.43. The largest absolute Gasteiger partial charge is 0.462 e. The van der Waals surface area contributed by atoms with Crippen LogP contribution < -0.4 is 5.73 Å². The van der Waals surface area contributed by atoms with E-state index >= 15 is 0 Å². The number of carbonyl (C=O) groups is 1. The molecule has 0 amide bonds. The molecule has 106 valence electrons. The molecule has 0 aliphatic heterocycles. The first-order valence-corrected chi connectivity index (χ1v) is 6.43. The number of anilines is 1. The molecule has 1 aromatic carbocycles. The molecular formula is C14H13N5O2. The van der Waals surface area contributed by atoms with E-state index in [9.17, 15) is 4.79 Å². The number of nitrogens with zero attached hydrogens (tertiary/aromatic N) is 4. The van der Waals surface area contributed by atoms with Gasteiger partial charge in [-0.1, -0.05) is 12.1 Å². The second-order valence-corrected chi connectivity index (χ2v) is 4.29. The smallest absolute Gasteiger partial charge is 0.343 e. The number of carbonyl (C=O) groups excluding carboxylic acids is 1. The maximum absolute atomic E-state index is 11.7. The summed E-state index contributed by atoms with van der Waals surface area (Å²) in [6.45, 7) is 2.01. The number of esters is 1. The topological polar surface area (TPSA) is 95.9 Å². The summed E-state index contributed by atoms with van der Waals surface area (Å²) in [5.41, 5.74) is 7.66. The number of rotatable bonds is 3. The predicted octanol–water partition coefficient (Wildman–Crippen LogP) is 1.57. The van der Waals surface area contributed by atoms with Crippen molar-refractivity contribution in [2.75, 3.05) is 12.3 Å². The Morgan fingerprint density at radius 1 is 1.29 bits per heavy atom. The van der Waals surface area contributed by atoms with Gasteiger partial charge in [0.15, 0.2) is 5.82 Å². The number of nitrogen functional groups attached to an aromatic ring is 1. The van der Waals surface area contributed by atoms with E-state index in [1.807, 2.05) is 24.3 Å². The Bertz CT molecular complexity index is 812. The van der Waals surface area contributed by atoms with Crippen LogP contribution in [0.15, 0.2) is 36.7 Å². The zero-order chi connectivity index (χ0) is 14.8. The van der Waals surface area contributed by atoms with Gasteiger partial charge >= 0.3 is 5.97 Å². The number of hydrogen-bond donors (Lipinski definition) is 1. The normalized spacial score (nSPS) is 10.7. The van der Waals surface area contributed by atoms with E-state index in [0.717, 1.165) is 11.0 Å². The molecule has 0 fully saturated rings. The molecule has 0 aliphatic rings. The van der Waals surface area contributed by atoms with Gasteiger partial charge in [0.25, 0.3) is 0 Å². The van der Waals surface area contributed by atoms with Crippen LogP contribution in [0.3, 0.4) is 0 Å². The Kier molecular flexibility index (Phi) is 3.23. The molecule has 2 N–H and O–H groups in total. The fraction of sp³-hybridized carbons (Fsp3) is 0.143. The summed E-state index contributed by atoms with van der Waals surface area (Å²) < 4.78 is 6.29. The molecule has 3 rings (SSSR count). The number of benzene rings is 1. The number of fused-ring (bicyclic) bond motifs is 1. The first kappa shape index (κ1) is 13.0. The van der Waals surface area contributed by atoms with Gasteiger partial charge in [0.05, 0.1) is 30.0 Å². The predicted molar refractivity (Wildman–Crippen MR) is 77.0 cm³/mol. The molecule has 0 saturated heterocycles. The summed E-state index contributed by atoms with van der Waals surface area (Å²) in [6, 6.07) is 7.47.